The van der Waals surface area contributed by atoms with E-state index in [-0.39, 0.29) is 5.97 Å². The average Bonchev–Trinajstić information content (AvgIpc) is 2.62. The Balaban J connectivity index is 3.12. The Bertz CT molecular complexity index is 266. The van der Waals surface area contributed by atoms with Crippen molar-refractivity contribution in [3.8, 4) is 0 Å². The van der Waals surface area contributed by atoms with Crippen LogP contribution in [0.2, 0.25) is 0 Å². The van der Waals surface area contributed by atoms with Crippen LogP contribution in [0.5, 0.6) is 0 Å². The molecule has 150 valence electrons. The summed E-state index contributed by atoms with van der Waals surface area (Å²) in [7, 11) is 0. The zero-order valence-electron chi connectivity index (χ0n) is 16.9. The molecule has 0 aliphatic heterocycles. The first-order valence-electron chi connectivity index (χ1n) is 11.1. The predicted octanol–water partition coefficient (Wildman–Crippen LogP) is 6.56. The van der Waals surface area contributed by atoms with Crippen molar-refractivity contribution in [2.45, 2.75) is 122 Å². The molecule has 0 aromatic rings. The van der Waals surface area contributed by atoms with E-state index in [0.717, 1.165) is 19.3 Å². The fraction of sp³-hybridized carbons (Fsp3) is 0.955. The van der Waals surface area contributed by atoms with Gasteiger partial charge in [-0.3, -0.25) is 4.79 Å². The monoisotopic (exact) mass is 356 g/mol. The van der Waals surface area contributed by atoms with Gasteiger partial charge in [-0.1, -0.05) is 96.8 Å². The number of carbonyl (C=O) groups excluding carboxylic acids is 1. The molecule has 0 heterocycles. The number of carbonyl (C=O) groups is 1. The van der Waals surface area contributed by atoms with Crippen LogP contribution >= 0.6 is 0 Å². The standard InChI is InChI=1S/C22H44O3/c1-2-3-4-5-10-13-16-19-22(24)25-21-18-15-12-9-7-6-8-11-14-17-20-23/h23H,2-21H2,1H3. The first kappa shape index (κ1) is 24.4. The van der Waals surface area contributed by atoms with E-state index in [9.17, 15) is 4.79 Å². The number of unbranched alkanes of at least 4 members (excludes halogenated alkanes) is 15. The molecule has 0 saturated carbocycles. The van der Waals surface area contributed by atoms with Crippen LogP contribution in [0.3, 0.4) is 0 Å². The third kappa shape index (κ3) is 21.4. The third-order valence-corrected chi connectivity index (χ3v) is 4.80. The van der Waals surface area contributed by atoms with Crippen LogP contribution in [0.15, 0.2) is 0 Å². The molecule has 25 heavy (non-hydrogen) atoms. The Kier molecular flexibility index (Phi) is 21.0. The van der Waals surface area contributed by atoms with Gasteiger partial charge in [-0.05, 0) is 19.3 Å². The molecule has 0 spiro atoms. The predicted molar refractivity (Wildman–Crippen MR) is 107 cm³/mol. The number of esters is 1. The lowest BCUT2D eigenvalue weighted by molar-refractivity contribution is -0.143. The second-order valence-electron chi connectivity index (χ2n) is 7.35. The number of rotatable bonds is 20. The van der Waals surface area contributed by atoms with Crippen LogP contribution in [-0.4, -0.2) is 24.3 Å². The van der Waals surface area contributed by atoms with E-state index in [2.05, 4.69) is 6.92 Å². The second-order valence-corrected chi connectivity index (χ2v) is 7.35. The topological polar surface area (TPSA) is 46.5 Å². The Morgan fingerprint density at radius 2 is 1.08 bits per heavy atom. The van der Waals surface area contributed by atoms with E-state index in [4.69, 9.17) is 9.84 Å². The molecule has 0 aliphatic carbocycles. The second kappa shape index (κ2) is 21.5. The van der Waals surface area contributed by atoms with E-state index in [1.54, 1.807) is 0 Å². The van der Waals surface area contributed by atoms with Crippen LogP contribution < -0.4 is 0 Å². The molecule has 0 radical (unpaired) electrons. The summed E-state index contributed by atoms with van der Waals surface area (Å²) in [6.45, 7) is 3.18. The molecule has 0 aliphatic rings. The van der Waals surface area contributed by atoms with Gasteiger partial charge in [0, 0.05) is 13.0 Å². The van der Waals surface area contributed by atoms with E-state index in [1.165, 1.54) is 89.9 Å². The summed E-state index contributed by atoms with van der Waals surface area (Å²) in [6, 6.07) is 0. The molecule has 0 aromatic heterocycles. The van der Waals surface area contributed by atoms with Gasteiger partial charge in [0.1, 0.15) is 0 Å². The highest BCUT2D eigenvalue weighted by molar-refractivity contribution is 5.69. The molecule has 3 heteroatoms. The lowest BCUT2D eigenvalue weighted by Crippen LogP contribution is -2.05. The van der Waals surface area contributed by atoms with Crippen molar-refractivity contribution in [1.82, 2.24) is 0 Å². The molecule has 0 aromatic carbocycles. The van der Waals surface area contributed by atoms with E-state index in [0.29, 0.717) is 19.6 Å². The van der Waals surface area contributed by atoms with E-state index >= 15 is 0 Å². The van der Waals surface area contributed by atoms with Crippen molar-refractivity contribution in [1.29, 1.82) is 0 Å². The highest BCUT2D eigenvalue weighted by atomic mass is 16.5. The van der Waals surface area contributed by atoms with Crippen LogP contribution in [0, 0.1) is 0 Å². The van der Waals surface area contributed by atoms with Crippen LogP contribution in [0.4, 0.5) is 0 Å². The Morgan fingerprint density at radius 3 is 1.60 bits per heavy atom. The molecule has 0 amide bonds. The number of aliphatic hydroxyl groups is 1. The third-order valence-electron chi connectivity index (χ3n) is 4.80. The van der Waals surface area contributed by atoms with Crippen LogP contribution in [0.1, 0.15) is 122 Å². The van der Waals surface area contributed by atoms with Gasteiger partial charge >= 0.3 is 5.97 Å². The van der Waals surface area contributed by atoms with Crippen molar-refractivity contribution in [3.63, 3.8) is 0 Å². The Morgan fingerprint density at radius 1 is 0.640 bits per heavy atom. The summed E-state index contributed by atoms with van der Waals surface area (Å²) in [6.07, 6.45) is 21.4. The van der Waals surface area contributed by atoms with Crippen molar-refractivity contribution in [3.05, 3.63) is 0 Å². The van der Waals surface area contributed by atoms with Gasteiger partial charge in [0.2, 0.25) is 0 Å². The van der Waals surface area contributed by atoms with Gasteiger partial charge in [0.05, 0.1) is 6.61 Å². The fourth-order valence-electron chi connectivity index (χ4n) is 3.11. The van der Waals surface area contributed by atoms with Crippen molar-refractivity contribution >= 4 is 5.97 Å². The summed E-state index contributed by atoms with van der Waals surface area (Å²) < 4.78 is 5.31. The molecule has 0 atom stereocenters. The SMILES string of the molecule is CCCCCCCCCC(=O)OCCCCCCCCCCCCO. The number of ether oxygens (including phenoxy) is 1. The lowest BCUT2D eigenvalue weighted by Gasteiger charge is -2.05. The molecule has 1 N–H and O–H groups in total. The van der Waals surface area contributed by atoms with Gasteiger partial charge in [-0.25, -0.2) is 0 Å². The summed E-state index contributed by atoms with van der Waals surface area (Å²) >= 11 is 0. The van der Waals surface area contributed by atoms with Crippen LogP contribution in [-0.2, 0) is 9.53 Å². The van der Waals surface area contributed by atoms with Gasteiger partial charge in [0.15, 0.2) is 0 Å². The van der Waals surface area contributed by atoms with Crippen molar-refractivity contribution in [2.24, 2.45) is 0 Å². The molecule has 0 fully saturated rings. The van der Waals surface area contributed by atoms with Gasteiger partial charge < -0.3 is 9.84 Å². The minimum Gasteiger partial charge on any atom is -0.466 e. The average molecular weight is 357 g/mol. The van der Waals surface area contributed by atoms with Crippen LogP contribution in [0.25, 0.3) is 0 Å². The van der Waals surface area contributed by atoms with Gasteiger partial charge in [-0.15, -0.1) is 0 Å². The van der Waals surface area contributed by atoms with Gasteiger partial charge in [-0.2, -0.15) is 0 Å². The normalized spacial score (nSPS) is 11.0. The largest absolute Gasteiger partial charge is 0.466 e. The minimum atomic E-state index is -0.00330. The fourth-order valence-corrected chi connectivity index (χ4v) is 3.11. The highest BCUT2D eigenvalue weighted by Gasteiger charge is 2.02. The molecule has 0 unspecified atom stereocenters. The van der Waals surface area contributed by atoms with Crippen molar-refractivity contribution < 1.29 is 14.6 Å². The maximum atomic E-state index is 11.6. The maximum Gasteiger partial charge on any atom is 0.305 e. The highest BCUT2D eigenvalue weighted by Crippen LogP contribution is 2.11. The zero-order valence-corrected chi connectivity index (χ0v) is 16.9. The first-order chi connectivity index (χ1) is 12.3. The summed E-state index contributed by atoms with van der Waals surface area (Å²) in [5, 5.41) is 8.70. The lowest BCUT2D eigenvalue weighted by atomic mass is 10.1. The number of hydrogen-bond donors (Lipinski definition) is 1. The molecule has 3 nitrogen and oxygen atoms in total. The quantitative estimate of drug-likeness (QED) is 0.198. The minimum absolute atomic E-state index is 0.00330. The summed E-state index contributed by atoms with van der Waals surface area (Å²) in [4.78, 5) is 11.6. The van der Waals surface area contributed by atoms with E-state index in [1.807, 2.05) is 0 Å². The number of aliphatic hydroxyl groups excluding tert-OH is 1. The van der Waals surface area contributed by atoms with Crippen molar-refractivity contribution in [2.75, 3.05) is 13.2 Å². The summed E-state index contributed by atoms with van der Waals surface area (Å²) in [5.74, 6) is -0.00330. The zero-order chi connectivity index (χ0) is 18.4. The molecule has 0 rings (SSSR count). The number of hydrogen-bond acceptors (Lipinski definition) is 3. The Labute approximate surface area is 156 Å². The first-order valence-corrected chi connectivity index (χ1v) is 11.1. The van der Waals surface area contributed by atoms with E-state index < -0.39 is 0 Å². The molecular formula is C22H44O3. The molecule has 0 saturated heterocycles. The molecule has 0 bridgehead atoms. The maximum absolute atomic E-state index is 11.6. The smallest absolute Gasteiger partial charge is 0.305 e. The summed E-state index contributed by atoms with van der Waals surface area (Å²) in [5.41, 5.74) is 0. The Hall–Kier alpha value is -0.570. The van der Waals surface area contributed by atoms with Gasteiger partial charge in [0.25, 0.3) is 0 Å². The molecular weight excluding hydrogens is 312 g/mol.